The highest BCUT2D eigenvalue weighted by atomic mass is 19.1. The second kappa shape index (κ2) is 15.0. The van der Waals surface area contributed by atoms with Crippen LogP contribution < -0.4 is 5.73 Å². The van der Waals surface area contributed by atoms with Crippen LogP contribution >= 0.6 is 0 Å². The molecule has 1 saturated heterocycles. The van der Waals surface area contributed by atoms with E-state index in [9.17, 15) is 23.9 Å². The molecule has 1 aliphatic heterocycles. The van der Waals surface area contributed by atoms with E-state index in [0.29, 0.717) is 37.9 Å². The third kappa shape index (κ3) is 9.23. The molecule has 1 heterocycles. The van der Waals surface area contributed by atoms with Crippen LogP contribution in [0, 0.1) is 5.82 Å². The topological polar surface area (TPSA) is 107 Å². The Labute approximate surface area is 271 Å². The third-order valence-corrected chi connectivity index (χ3v) is 8.67. The van der Waals surface area contributed by atoms with Crippen molar-refractivity contribution in [3.05, 3.63) is 95.3 Å². The summed E-state index contributed by atoms with van der Waals surface area (Å²) in [4.78, 5) is 46.7. The Morgan fingerprint density at radius 1 is 0.935 bits per heavy atom. The fraction of sp³-hybridized carbons (Fsp3) is 0.432. The van der Waals surface area contributed by atoms with Gasteiger partial charge in [-0.3, -0.25) is 14.4 Å². The van der Waals surface area contributed by atoms with Crippen molar-refractivity contribution in [3.8, 4) is 0 Å². The number of piperidine rings is 1. The van der Waals surface area contributed by atoms with E-state index in [1.807, 2.05) is 63.2 Å². The molecule has 0 aromatic heterocycles. The molecule has 4 rings (SSSR count). The lowest BCUT2D eigenvalue weighted by atomic mass is 9.96. The van der Waals surface area contributed by atoms with E-state index in [1.165, 1.54) is 28.0 Å². The maximum atomic E-state index is 14.5. The first kappa shape index (κ1) is 34.8. The van der Waals surface area contributed by atoms with Crippen LogP contribution in [0.1, 0.15) is 51.2 Å². The maximum Gasteiger partial charge on any atom is 0.246 e. The molecule has 0 saturated carbocycles. The van der Waals surface area contributed by atoms with Crippen molar-refractivity contribution in [2.24, 2.45) is 5.73 Å². The highest BCUT2D eigenvalue weighted by Crippen LogP contribution is 2.22. The molecule has 0 unspecified atom stereocenters. The quantitative estimate of drug-likeness (QED) is 0.304. The van der Waals surface area contributed by atoms with Gasteiger partial charge in [0.25, 0.3) is 0 Å². The van der Waals surface area contributed by atoms with Gasteiger partial charge in [0.1, 0.15) is 17.9 Å². The van der Waals surface area contributed by atoms with Crippen LogP contribution in [0.4, 0.5) is 4.39 Å². The maximum absolute atomic E-state index is 14.5. The molecule has 9 heteroatoms. The second-order valence-electron chi connectivity index (χ2n) is 13.4. The molecule has 246 valence electrons. The van der Waals surface area contributed by atoms with E-state index in [0.717, 1.165) is 21.9 Å². The molecule has 3 amide bonds. The number of nitrogens with two attached hydrogens (primary N) is 1. The number of carbonyl (C=O) groups is 3. The molecule has 46 heavy (non-hydrogen) atoms. The Kier molecular flexibility index (Phi) is 11.3. The zero-order chi connectivity index (χ0) is 33.6. The van der Waals surface area contributed by atoms with Gasteiger partial charge < -0.3 is 25.5 Å². The lowest BCUT2D eigenvalue weighted by molar-refractivity contribution is -0.150. The number of halogens is 1. The van der Waals surface area contributed by atoms with Crippen LogP contribution in [-0.2, 0) is 27.2 Å². The van der Waals surface area contributed by atoms with E-state index >= 15 is 0 Å². The molecule has 2 atom stereocenters. The average molecular weight is 631 g/mol. The molecule has 3 N–H and O–H groups in total. The van der Waals surface area contributed by atoms with E-state index in [1.54, 1.807) is 31.1 Å². The lowest BCUT2D eigenvalue weighted by Crippen LogP contribution is -2.57. The Hall–Kier alpha value is -4.08. The number of hydrogen-bond acceptors (Lipinski definition) is 5. The summed E-state index contributed by atoms with van der Waals surface area (Å²) in [6.07, 6.45) is 2.89. The van der Waals surface area contributed by atoms with Gasteiger partial charge in [-0.15, -0.1) is 0 Å². The third-order valence-electron chi connectivity index (χ3n) is 8.67. The van der Waals surface area contributed by atoms with E-state index in [2.05, 4.69) is 0 Å². The Morgan fingerprint density at radius 2 is 1.52 bits per heavy atom. The standard InChI is InChI=1S/C37H47FN4O4/c1-25(24-37(2,3)39)20-34(44)40(4)32(23-27-10-13-28-8-6-7-9-29(28)21-27)35(45)41(5)33(22-26-11-14-30(38)15-12-26)36(46)42-18-16-31(43)17-19-42/h6-15,20-21,31-33,43H,16-19,22-24,39H2,1-5H3/t32-,33-/m1/s1. The summed E-state index contributed by atoms with van der Waals surface area (Å²) in [6, 6.07) is 18.0. The zero-order valence-corrected chi connectivity index (χ0v) is 27.6. The van der Waals surface area contributed by atoms with Gasteiger partial charge >= 0.3 is 0 Å². The molecule has 0 spiro atoms. The fourth-order valence-electron chi connectivity index (χ4n) is 6.13. The average Bonchev–Trinajstić information content (AvgIpc) is 3.01. The number of fused-ring (bicyclic) bond motifs is 1. The first-order chi connectivity index (χ1) is 21.7. The first-order valence-electron chi connectivity index (χ1n) is 15.9. The Bertz CT molecular complexity index is 1560. The molecule has 1 fully saturated rings. The van der Waals surface area contributed by atoms with Crippen molar-refractivity contribution < 1.29 is 23.9 Å². The van der Waals surface area contributed by atoms with Gasteiger partial charge in [0, 0.05) is 51.6 Å². The second-order valence-corrected chi connectivity index (χ2v) is 13.4. The number of aliphatic hydroxyl groups excluding tert-OH is 1. The molecular formula is C37H47FN4O4. The molecule has 0 radical (unpaired) electrons. The van der Waals surface area contributed by atoms with Gasteiger partial charge in [0.05, 0.1) is 6.10 Å². The Balaban J connectivity index is 1.68. The highest BCUT2D eigenvalue weighted by molar-refractivity contribution is 5.95. The number of likely N-dealkylation sites (tertiary alicyclic amines) is 1. The van der Waals surface area contributed by atoms with Gasteiger partial charge in [0.15, 0.2) is 0 Å². The minimum absolute atomic E-state index is 0.172. The number of likely N-dealkylation sites (N-methyl/N-ethyl adjacent to an activating group) is 2. The molecular weight excluding hydrogens is 583 g/mol. The largest absolute Gasteiger partial charge is 0.393 e. The van der Waals surface area contributed by atoms with E-state index in [-0.39, 0.29) is 30.6 Å². The molecule has 0 aliphatic carbocycles. The summed E-state index contributed by atoms with van der Waals surface area (Å²) < 4.78 is 13.7. The van der Waals surface area contributed by atoms with Crippen LogP contribution in [0.2, 0.25) is 0 Å². The van der Waals surface area contributed by atoms with E-state index < -0.39 is 29.5 Å². The van der Waals surface area contributed by atoms with Crippen LogP contribution in [0.25, 0.3) is 10.8 Å². The monoisotopic (exact) mass is 630 g/mol. The number of nitrogens with zero attached hydrogens (tertiary/aromatic N) is 3. The van der Waals surface area contributed by atoms with Crippen LogP contribution in [0.5, 0.6) is 0 Å². The molecule has 0 bridgehead atoms. The SMILES string of the molecule is CC(=CC(=O)N(C)[C@H](Cc1ccc2ccccc2c1)C(=O)N(C)[C@H](Cc1ccc(F)cc1)C(=O)N1CCC(O)CC1)CC(C)(C)N. The predicted octanol–water partition coefficient (Wildman–Crippen LogP) is 4.48. The van der Waals surface area contributed by atoms with Gasteiger partial charge in [-0.1, -0.05) is 60.2 Å². The van der Waals surface area contributed by atoms with Gasteiger partial charge in [-0.2, -0.15) is 0 Å². The zero-order valence-electron chi connectivity index (χ0n) is 27.6. The van der Waals surface area contributed by atoms with Crippen molar-refractivity contribution in [1.29, 1.82) is 0 Å². The van der Waals surface area contributed by atoms with Crippen LogP contribution in [0.3, 0.4) is 0 Å². The van der Waals surface area contributed by atoms with Crippen molar-refractivity contribution in [3.63, 3.8) is 0 Å². The molecule has 3 aromatic carbocycles. The van der Waals surface area contributed by atoms with Gasteiger partial charge in [-0.25, -0.2) is 4.39 Å². The van der Waals surface area contributed by atoms with Crippen molar-refractivity contribution in [2.75, 3.05) is 27.2 Å². The van der Waals surface area contributed by atoms with Gasteiger partial charge in [-0.05, 0) is 74.1 Å². The Morgan fingerprint density at radius 3 is 2.15 bits per heavy atom. The fourth-order valence-corrected chi connectivity index (χ4v) is 6.13. The number of amides is 3. The smallest absolute Gasteiger partial charge is 0.246 e. The minimum atomic E-state index is -0.916. The minimum Gasteiger partial charge on any atom is -0.393 e. The summed E-state index contributed by atoms with van der Waals surface area (Å²) in [7, 11) is 3.21. The summed E-state index contributed by atoms with van der Waals surface area (Å²) in [5.74, 6) is -1.35. The van der Waals surface area contributed by atoms with Crippen LogP contribution in [0.15, 0.2) is 78.4 Å². The van der Waals surface area contributed by atoms with Crippen molar-refractivity contribution in [1.82, 2.24) is 14.7 Å². The number of carbonyl (C=O) groups excluding carboxylic acids is 3. The van der Waals surface area contributed by atoms with Gasteiger partial charge in [0.2, 0.25) is 17.7 Å². The number of rotatable bonds is 11. The molecule has 3 aromatic rings. The number of benzene rings is 3. The summed E-state index contributed by atoms with van der Waals surface area (Å²) in [6.45, 7) is 6.38. The molecule has 1 aliphatic rings. The molecule has 8 nitrogen and oxygen atoms in total. The summed E-state index contributed by atoms with van der Waals surface area (Å²) >= 11 is 0. The van der Waals surface area contributed by atoms with E-state index in [4.69, 9.17) is 5.73 Å². The lowest BCUT2D eigenvalue weighted by Gasteiger charge is -2.38. The first-order valence-corrected chi connectivity index (χ1v) is 15.9. The normalized spacial score (nSPS) is 15.8. The highest BCUT2D eigenvalue weighted by Gasteiger charge is 2.37. The van der Waals surface area contributed by atoms with Crippen molar-refractivity contribution >= 4 is 28.5 Å². The summed E-state index contributed by atoms with van der Waals surface area (Å²) in [5.41, 5.74) is 8.06. The summed E-state index contributed by atoms with van der Waals surface area (Å²) in [5, 5.41) is 12.1. The predicted molar refractivity (Wildman–Crippen MR) is 179 cm³/mol. The number of aliphatic hydroxyl groups is 1. The number of hydrogen-bond donors (Lipinski definition) is 2. The van der Waals surface area contributed by atoms with Crippen molar-refractivity contribution in [2.45, 2.75) is 76.6 Å². The van der Waals surface area contributed by atoms with Crippen LogP contribution in [-0.4, -0.2) is 88.4 Å².